The van der Waals surface area contributed by atoms with Crippen molar-refractivity contribution in [2.75, 3.05) is 6.61 Å². The average molecular weight is 193 g/mol. The van der Waals surface area contributed by atoms with Crippen molar-refractivity contribution in [3.8, 4) is 5.88 Å². The summed E-state index contributed by atoms with van der Waals surface area (Å²) in [7, 11) is 0. The fourth-order valence-corrected chi connectivity index (χ4v) is 1.04. The fraction of sp³-hybridized carbons (Fsp3) is 0.200. The molecular weight excluding hydrogens is 182 g/mol. The van der Waals surface area contributed by atoms with Gasteiger partial charge in [-0.2, -0.15) is 0 Å². The Bertz CT molecular complexity index is 360. The van der Waals surface area contributed by atoms with E-state index in [1.807, 2.05) is 0 Å². The summed E-state index contributed by atoms with van der Waals surface area (Å²) in [6.07, 6.45) is 3.05. The van der Waals surface area contributed by atoms with Crippen LogP contribution in [0.25, 0.3) is 0 Å². The molecule has 14 heavy (non-hydrogen) atoms. The van der Waals surface area contributed by atoms with E-state index in [0.29, 0.717) is 5.56 Å². The third-order valence-corrected chi connectivity index (χ3v) is 1.68. The number of carbonyl (C=O) groups is 1. The van der Waals surface area contributed by atoms with E-state index in [1.165, 1.54) is 12.3 Å². The van der Waals surface area contributed by atoms with Gasteiger partial charge in [0.15, 0.2) is 0 Å². The molecule has 1 rings (SSSR count). The molecule has 0 bridgehead atoms. The number of pyridine rings is 1. The molecule has 74 valence electrons. The first kappa shape index (κ1) is 10.2. The maximum atomic E-state index is 10.9. The Balaban J connectivity index is 3.07. The van der Waals surface area contributed by atoms with Gasteiger partial charge < -0.3 is 9.84 Å². The minimum absolute atomic E-state index is 0.106. The normalized spacial score (nSPS) is 9.50. The van der Waals surface area contributed by atoms with Gasteiger partial charge in [-0.05, 0) is 18.6 Å². The van der Waals surface area contributed by atoms with Crippen LogP contribution in [0.3, 0.4) is 0 Å². The van der Waals surface area contributed by atoms with Crippen LogP contribution in [0.4, 0.5) is 0 Å². The van der Waals surface area contributed by atoms with Crippen molar-refractivity contribution in [3.63, 3.8) is 0 Å². The molecule has 0 saturated heterocycles. The number of nitrogens with zero attached hydrogens (tertiary/aromatic N) is 1. The highest BCUT2D eigenvalue weighted by Gasteiger charge is 2.14. The van der Waals surface area contributed by atoms with Crippen molar-refractivity contribution in [3.05, 3.63) is 36.0 Å². The zero-order valence-electron chi connectivity index (χ0n) is 7.86. The largest absolute Gasteiger partial charge is 0.477 e. The molecule has 1 aromatic heterocycles. The molecule has 0 unspecified atom stereocenters. The van der Waals surface area contributed by atoms with Gasteiger partial charge in [0.1, 0.15) is 12.2 Å². The highest BCUT2D eigenvalue weighted by Crippen LogP contribution is 2.18. The Labute approximate surface area is 81.9 Å². The second-order valence-corrected chi connectivity index (χ2v) is 2.71. The highest BCUT2D eigenvalue weighted by atomic mass is 16.5. The molecule has 1 heterocycles. The van der Waals surface area contributed by atoms with Crippen molar-refractivity contribution < 1.29 is 14.6 Å². The number of aromatic carboxylic acids is 1. The first-order chi connectivity index (χ1) is 6.66. The lowest BCUT2D eigenvalue weighted by Crippen LogP contribution is -2.07. The van der Waals surface area contributed by atoms with Crippen molar-refractivity contribution in [1.82, 2.24) is 4.98 Å². The first-order valence-corrected chi connectivity index (χ1v) is 4.09. The summed E-state index contributed by atoms with van der Waals surface area (Å²) in [6, 6.07) is 1.63. The monoisotopic (exact) mass is 193 g/mol. The van der Waals surface area contributed by atoms with Crippen molar-refractivity contribution in [2.45, 2.75) is 6.92 Å². The van der Waals surface area contributed by atoms with Crippen LogP contribution in [-0.2, 0) is 0 Å². The number of carboxylic acid groups (broad SMARTS) is 1. The molecule has 0 saturated carbocycles. The molecule has 0 spiro atoms. The smallest absolute Gasteiger partial charge is 0.341 e. The lowest BCUT2D eigenvalue weighted by atomic mass is 10.1. The second-order valence-electron chi connectivity index (χ2n) is 2.71. The van der Waals surface area contributed by atoms with Gasteiger partial charge in [-0.25, -0.2) is 9.78 Å². The Morgan fingerprint density at radius 1 is 1.79 bits per heavy atom. The van der Waals surface area contributed by atoms with Gasteiger partial charge in [-0.1, -0.05) is 12.7 Å². The maximum absolute atomic E-state index is 10.9. The summed E-state index contributed by atoms with van der Waals surface area (Å²) >= 11 is 0. The molecule has 0 amide bonds. The standard InChI is InChI=1S/C10H11NO3/c1-3-6-14-9-8(10(12)13)7(2)4-5-11-9/h3-5H,1,6H2,2H3,(H,12,13). The van der Waals surface area contributed by atoms with Gasteiger partial charge in [0.2, 0.25) is 5.88 Å². The summed E-state index contributed by atoms with van der Waals surface area (Å²) in [5.74, 6) is -0.896. The van der Waals surface area contributed by atoms with Crippen LogP contribution in [0.2, 0.25) is 0 Å². The summed E-state index contributed by atoms with van der Waals surface area (Å²) in [6.45, 7) is 5.42. The van der Waals surface area contributed by atoms with Crippen molar-refractivity contribution >= 4 is 5.97 Å². The Morgan fingerprint density at radius 2 is 2.50 bits per heavy atom. The molecular formula is C10H11NO3. The van der Waals surface area contributed by atoms with Crippen molar-refractivity contribution in [1.29, 1.82) is 0 Å². The summed E-state index contributed by atoms with van der Waals surface area (Å²) in [5, 5.41) is 8.90. The Morgan fingerprint density at radius 3 is 3.07 bits per heavy atom. The number of hydrogen-bond acceptors (Lipinski definition) is 3. The Kier molecular flexibility index (Phi) is 3.23. The molecule has 0 aliphatic heterocycles. The van der Waals surface area contributed by atoms with Gasteiger partial charge in [0.05, 0.1) is 0 Å². The molecule has 0 fully saturated rings. The predicted octanol–water partition coefficient (Wildman–Crippen LogP) is 1.65. The van der Waals surface area contributed by atoms with Crippen LogP contribution in [0.5, 0.6) is 5.88 Å². The SMILES string of the molecule is C=CCOc1nccc(C)c1C(=O)O. The van der Waals surface area contributed by atoms with Gasteiger partial charge in [-0.3, -0.25) is 0 Å². The molecule has 4 nitrogen and oxygen atoms in total. The lowest BCUT2D eigenvalue weighted by Gasteiger charge is -2.07. The van der Waals surface area contributed by atoms with E-state index in [2.05, 4.69) is 11.6 Å². The minimum atomic E-state index is -1.03. The quantitative estimate of drug-likeness (QED) is 0.738. The van der Waals surface area contributed by atoms with Gasteiger partial charge >= 0.3 is 5.97 Å². The van der Waals surface area contributed by atoms with Crippen LogP contribution < -0.4 is 4.74 Å². The molecule has 1 aromatic rings. The number of aromatic nitrogens is 1. The number of ether oxygens (including phenoxy) is 1. The van der Waals surface area contributed by atoms with E-state index in [1.54, 1.807) is 13.0 Å². The molecule has 4 heteroatoms. The molecule has 1 N–H and O–H groups in total. The molecule has 0 aliphatic carbocycles. The molecule has 0 aliphatic rings. The topological polar surface area (TPSA) is 59.4 Å². The Hall–Kier alpha value is -1.84. The zero-order valence-corrected chi connectivity index (χ0v) is 7.86. The molecule has 0 aromatic carbocycles. The van der Waals surface area contributed by atoms with E-state index in [-0.39, 0.29) is 18.1 Å². The summed E-state index contributed by atoms with van der Waals surface area (Å²) in [5.41, 5.74) is 0.737. The number of rotatable bonds is 4. The van der Waals surface area contributed by atoms with Crippen LogP contribution in [0.1, 0.15) is 15.9 Å². The third-order valence-electron chi connectivity index (χ3n) is 1.68. The van der Waals surface area contributed by atoms with E-state index in [9.17, 15) is 4.79 Å². The van der Waals surface area contributed by atoms with Crippen LogP contribution in [0, 0.1) is 6.92 Å². The van der Waals surface area contributed by atoms with Gasteiger partial charge in [-0.15, -0.1) is 0 Å². The highest BCUT2D eigenvalue weighted by molar-refractivity contribution is 5.91. The van der Waals surface area contributed by atoms with Gasteiger partial charge in [0.25, 0.3) is 0 Å². The number of aryl methyl sites for hydroxylation is 1. The van der Waals surface area contributed by atoms with E-state index in [0.717, 1.165) is 0 Å². The lowest BCUT2D eigenvalue weighted by molar-refractivity contribution is 0.0691. The van der Waals surface area contributed by atoms with Crippen LogP contribution >= 0.6 is 0 Å². The molecule has 0 atom stereocenters. The molecule has 0 radical (unpaired) electrons. The first-order valence-electron chi connectivity index (χ1n) is 4.09. The zero-order chi connectivity index (χ0) is 10.6. The van der Waals surface area contributed by atoms with Crippen molar-refractivity contribution in [2.24, 2.45) is 0 Å². The maximum Gasteiger partial charge on any atom is 0.341 e. The van der Waals surface area contributed by atoms with Crippen LogP contribution in [0.15, 0.2) is 24.9 Å². The third kappa shape index (κ3) is 2.10. The van der Waals surface area contributed by atoms with Crippen LogP contribution in [-0.4, -0.2) is 22.7 Å². The summed E-state index contributed by atoms with van der Waals surface area (Å²) in [4.78, 5) is 14.7. The fourth-order valence-electron chi connectivity index (χ4n) is 1.04. The van der Waals surface area contributed by atoms with E-state index in [4.69, 9.17) is 9.84 Å². The second kappa shape index (κ2) is 4.41. The number of carboxylic acids is 1. The van der Waals surface area contributed by atoms with E-state index >= 15 is 0 Å². The van der Waals surface area contributed by atoms with Gasteiger partial charge in [0, 0.05) is 6.20 Å². The predicted molar refractivity (Wildman–Crippen MR) is 51.6 cm³/mol. The average Bonchev–Trinajstić information content (AvgIpc) is 2.14. The summed E-state index contributed by atoms with van der Waals surface area (Å²) < 4.78 is 5.12. The minimum Gasteiger partial charge on any atom is -0.477 e. The number of hydrogen-bond donors (Lipinski definition) is 1. The van der Waals surface area contributed by atoms with E-state index < -0.39 is 5.97 Å².